The first kappa shape index (κ1) is 23.7. The summed E-state index contributed by atoms with van der Waals surface area (Å²) in [7, 11) is 0. The Morgan fingerprint density at radius 2 is 1.63 bits per heavy atom. The average Bonchev–Trinajstić information content (AvgIpc) is 2.77. The van der Waals surface area contributed by atoms with Gasteiger partial charge >= 0.3 is 0 Å². The van der Waals surface area contributed by atoms with E-state index in [9.17, 15) is 9.59 Å². The van der Waals surface area contributed by atoms with Gasteiger partial charge in [0, 0.05) is 18.1 Å². The van der Waals surface area contributed by atoms with E-state index in [4.69, 9.17) is 16.3 Å². The molecular weight excluding hydrogens is 400 g/mol. The van der Waals surface area contributed by atoms with E-state index in [1.807, 2.05) is 50.2 Å². The molecule has 0 aliphatic carbocycles. The van der Waals surface area contributed by atoms with E-state index >= 15 is 0 Å². The number of ether oxygens (including phenoxy) is 1. The highest BCUT2D eigenvalue weighted by Gasteiger charge is 2.28. The maximum atomic E-state index is 13.1. The Labute approximate surface area is 184 Å². The van der Waals surface area contributed by atoms with Gasteiger partial charge in [0.05, 0.1) is 0 Å². The first-order valence-corrected chi connectivity index (χ1v) is 10.9. The lowest BCUT2D eigenvalue weighted by Gasteiger charge is -2.30. The van der Waals surface area contributed by atoms with Crippen molar-refractivity contribution >= 4 is 23.4 Å². The number of carbonyl (C=O) groups is 2. The van der Waals surface area contributed by atoms with Crippen LogP contribution in [0.15, 0.2) is 48.5 Å². The second-order valence-electron chi connectivity index (χ2n) is 7.15. The standard InChI is InChI=1S/C24H31ClN2O3/c1-4-15-26-24(29)22(6-3)27(16-19-7-11-20(25)12-8-19)23(28)17-30-21-13-9-18(5-2)10-14-21/h7-14,22H,4-6,15-17H2,1-3H3,(H,26,29)/t22-/m0/s1. The molecule has 1 atom stereocenters. The van der Waals surface area contributed by atoms with Crippen LogP contribution in [0.1, 0.15) is 44.7 Å². The van der Waals surface area contributed by atoms with Crippen LogP contribution in [0.4, 0.5) is 0 Å². The molecule has 0 aliphatic rings. The number of nitrogens with one attached hydrogen (secondary N) is 1. The fourth-order valence-electron chi connectivity index (χ4n) is 3.12. The zero-order valence-electron chi connectivity index (χ0n) is 18.0. The summed E-state index contributed by atoms with van der Waals surface area (Å²) >= 11 is 5.98. The van der Waals surface area contributed by atoms with Crippen LogP contribution in [0.3, 0.4) is 0 Å². The lowest BCUT2D eigenvalue weighted by atomic mass is 10.1. The first-order chi connectivity index (χ1) is 14.5. The molecule has 1 N–H and O–H groups in total. The predicted octanol–water partition coefficient (Wildman–Crippen LogP) is 4.61. The van der Waals surface area contributed by atoms with Crippen LogP contribution in [0.2, 0.25) is 5.02 Å². The first-order valence-electron chi connectivity index (χ1n) is 10.5. The Balaban J connectivity index is 2.15. The van der Waals surface area contributed by atoms with Gasteiger partial charge in [-0.05, 0) is 54.7 Å². The van der Waals surface area contributed by atoms with E-state index in [0.29, 0.717) is 30.3 Å². The topological polar surface area (TPSA) is 58.6 Å². The molecule has 2 aromatic rings. The largest absolute Gasteiger partial charge is 0.484 e. The van der Waals surface area contributed by atoms with Gasteiger partial charge in [-0.3, -0.25) is 9.59 Å². The SMILES string of the molecule is CCCNC(=O)[C@H](CC)N(Cc1ccc(Cl)cc1)C(=O)COc1ccc(CC)cc1. The fraction of sp³-hybridized carbons (Fsp3) is 0.417. The molecule has 2 aromatic carbocycles. The molecule has 0 bridgehead atoms. The summed E-state index contributed by atoms with van der Waals surface area (Å²) < 4.78 is 5.72. The number of hydrogen-bond donors (Lipinski definition) is 1. The molecule has 2 rings (SSSR count). The van der Waals surface area contributed by atoms with Gasteiger partial charge in [0.15, 0.2) is 6.61 Å². The van der Waals surface area contributed by atoms with Crippen LogP contribution in [0.25, 0.3) is 0 Å². The second-order valence-corrected chi connectivity index (χ2v) is 7.59. The van der Waals surface area contributed by atoms with Crippen molar-refractivity contribution < 1.29 is 14.3 Å². The smallest absolute Gasteiger partial charge is 0.261 e. The van der Waals surface area contributed by atoms with Crippen molar-refractivity contribution in [3.63, 3.8) is 0 Å². The molecule has 0 saturated carbocycles. The van der Waals surface area contributed by atoms with Gasteiger partial charge in [-0.15, -0.1) is 0 Å². The third-order valence-corrected chi connectivity index (χ3v) is 5.15. The van der Waals surface area contributed by atoms with Gasteiger partial charge in [-0.25, -0.2) is 0 Å². The maximum absolute atomic E-state index is 13.1. The molecule has 30 heavy (non-hydrogen) atoms. The third kappa shape index (κ3) is 7.06. The zero-order valence-corrected chi connectivity index (χ0v) is 18.7. The highest BCUT2D eigenvalue weighted by atomic mass is 35.5. The number of halogens is 1. The Morgan fingerprint density at radius 3 is 2.20 bits per heavy atom. The maximum Gasteiger partial charge on any atom is 0.261 e. The molecule has 6 heteroatoms. The predicted molar refractivity (Wildman–Crippen MR) is 121 cm³/mol. The van der Waals surface area contributed by atoms with E-state index in [0.717, 1.165) is 18.4 Å². The molecule has 0 fully saturated rings. The number of aryl methyl sites for hydroxylation is 1. The van der Waals surface area contributed by atoms with Crippen LogP contribution < -0.4 is 10.1 Å². The van der Waals surface area contributed by atoms with Crippen molar-refractivity contribution in [1.29, 1.82) is 0 Å². The van der Waals surface area contributed by atoms with E-state index in [2.05, 4.69) is 12.2 Å². The monoisotopic (exact) mass is 430 g/mol. The van der Waals surface area contributed by atoms with Gasteiger partial charge in [0.1, 0.15) is 11.8 Å². The van der Waals surface area contributed by atoms with Crippen molar-refractivity contribution in [3.05, 3.63) is 64.7 Å². The van der Waals surface area contributed by atoms with Crippen LogP contribution in [-0.4, -0.2) is 35.9 Å². The quantitative estimate of drug-likeness (QED) is 0.566. The number of rotatable bonds is 11. The van der Waals surface area contributed by atoms with E-state index in [1.165, 1.54) is 5.56 Å². The zero-order chi connectivity index (χ0) is 21.9. The number of nitrogens with zero attached hydrogens (tertiary/aromatic N) is 1. The number of amides is 2. The highest BCUT2D eigenvalue weighted by molar-refractivity contribution is 6.30. The minimum absolute atomic E-state index is 0.128. The molecule has 0 heterocycles. The number of carbonyl (C=O) groups excluding carboxylic acids is 2. The average molecular weight is 431 g/mol. The van der Waals surface area contributed by atoms with Crippen molar-refractivity contribution in [2.24, 2.45) is 0 Å². The molecule has 0 aliphatic heterocycles. The van der Waals surface area contributed by atoms with Crippen LogP contribution in [-0.2, 0) is 22.6 Å². The minimum Gasteiger partial charge on any atom is -0.484 e. The van der Waals surface area contributed by atoms with Crippen molar-refractivity contribution in [2.75, 3.05) is 13.2 Å². The number of hydrogen-bond acceptors (Lipinski definition) is 3. The Hall–Kier alpha value is -2.53. The van der Waals surface area contributed by atoms with E-state index in [-0.39, 0.29) is 18.4 Å². The summed E-state index contributed by atoms with van der Waals surface area (Å²) in [6.45, 7) is 6.75. The summed E-state index contributed by atoms with van der Waals surface area (Å²) in [6.07, 6.45) is 2.30. The second kappa shape index (κ2) is 12.2. The third-order valence-electron chi connectivity index (χ3n) is 4.90. The van der Waals surface area contributed by atoms with Crippen molar-refractivity contribution in [3.8, 4) is 5.75 Å². The van der Waals surface area contributed by atoms with Gasteiger partial charge in [-0.2, -0.15) is 0 Å². The highest BCUT2D eigenvalue weighted by Crippen LogP contribution is 2.17. The normalized spacial score (nSPS) is 11.6. The van der Waals surface area contributed by atoms with Gasteiger partial charge in [-0.1, -0.05) is 56.6 Å². The summed E-state index contributed by atoms with van der Waals surface area (Å²) in [5.41, 5.74) is 2.11. The lowest BCUT2D eigenvalue weighted by Crippen LogP contribution is -2.50. The Bertz CT molecular complexity index is 806. The van der Waals surface area contributed by atoms with Gasteiger partial charge in [0.25, 0.3) is 5.91 Å². The van der Waals surface area contributed by atoms with Gasteiger partial charge < -0.3 is 15.0 Å². The van der Waals surface area contributed by atoms with Crippen molar-refractivity contribution in [1.82, 2.24) is 10.2 Å². The molecule has 162 valence electrons. The molecule has 0 aromatic heterocycles. The molecule has 0 unspecified atom stereocenters. The van der Waals surface area contributed by atoms with Crippen LogP contribution in [0.5, 0.6) is 5.75 Å². The van der Waals surface area contributed by atoms with Crippen LogP contribution in [0, 0.1) is 0 Å². The minimum atomic E-state index is -0.564. The van der Waals surface area contributed by atoms with Crippen LogP contribution >= 0.6 is 11.6 Å². The summed E-state index contributed by atoms with van der Waals surface area (Å²) in [5, 5.41) is 3.53. The Morgan fingerprint density at radius 1 is 1.00 bits per heavy atom. The summed E-state index contributed by atoms with van der Waals surface area (Å²) in [6, 6.07) is 14.4. The summed E-state index contributed by atoms with van der Waals surface area (Å²) in [4.78, 5) is 27.4. The molecule has 0 radical (unpaired) electrons. The fourth-order valence-corrected chi connectivity index (χ4v) is 3.25. The molecule has 2 amide bonds. The molecule has 5 nitrogen and oxygen atoms in total. The van der Waals surface area contributed by atoms with E-state index in [1.54, 1.807) is 17.0 Å². The summed E-state index contributed by atoms with van der Waals surface area (Å²) in [5.74, 6) is 0.257. The molecule has 0 saturated heterocycles. The molecular formula is C24H31ClN2O3. The number of benzene rings is 2. The van der Waals surface area contributed by atoms with E-state index < -0.39 is 6.04 Å². The van der Waals surface area contributed by atoms with Crippen molar-refractivity contribution in [2.45, 2.75) is 52.6 Å². The molecule has 0 spiro atoms. The van der Waals surface area contributed by atoms with Gasteiger partial charge in [0.2, 0.25) is 5.91 Å². The lowest BCUT2D eigenvalue weighted by molar-refractivity contribution is -0.143. The Kier molecular flexibility index (Phi) is 9.68.